The lowest BCUT2D eigenvalue weighted by Gasteiger charge is -2.13. The summed E-state index contributed by atoms with van der Waals surface area (Å²) in [5.41, 5.74) is 9.20. The van der Waals surface area contributed by atoms with Crippen molar-refractivity contribution in [1.82, 2.24) is 9.97 Å². The molecule has 0 spiro atoms. The maximum atomic E-state index is 5.63. The van der Waals surface area contributed by atoms with Crippen molar-refractivity contribution in [2.45, 2.75) is 20.3 Å². The first-order valence-electron chi connectivity index (χ1n) is 5.63. The number of nitrogen functional groups attached to an aromatic ring is 1. The van der Waals surface area contributed by atoms with Crippen LogP contribution in [-0.2, 0) is 6.42 Å². The Kier molecular flexibility index (Phi) is 3.23. The molecule has 0 atom stereocenters. The Hall–Kier alpha value is -2.10. The number of benzene rings is 1. The van der Waals surface area contributed by atoms with Gasteiger partial charge in [0.1, 0.15) is 18.0 Å². The van der Waals surface area contributed by atoms with E-state index in [9.17, 15) is 0 Å². The van der Waals surface area contributed by atoms with Crippen LogP contribution < -0.4 is 11.1 Å². The van der Waals surface area contributed by atoms with Gasteiger partial charge in [-0.15, -0.1) is 0 Å². The molecule has 0 aliphatic rings. The molecule has 17 heavy (non-hydrogen) atoms. The molecular formula is C13H16N4. The number of rotatable bonds is 3. The minimum atomic E-state index is 0.467. The summed E-state index contributed by atoms with van der Waals surface area (Å²) in [6.07, 6.45) is 2.44. The maximum Gasteiger partial charge on any atom is 0.135 e. The molecule has 0 unspecified atom stereocenters. The van der Waals surface area contributed by atoms with E-state index in [-0.39, 0.29) is 0 Å². The van der Waals surface area contributed by atoms with Gasteiger partial charge in [-0.25, -0.2) is 9.97 Å². The predicted molar refractivity (Wildman–Crippen MR) is 70.3 cm³/mol. The van der Waals surface area contributed by atoms with Crippen molar-refractivity contribution in [2.24, 2.45) is 0 Å². The first-order chi connectivity index (χ1) is 8.20. The number of aromatic nitrogens is 2. The van der Waals surface area contributed by atoms with Gasteiger partial charge in [0, 0.05) is 11.8 Å². The third-order valence-electron chi connectivity index (χ3n) is 2.68. The fourth-order valence-corrected chi connectivity index (χ4v) is 1.77. The van der Waals surface area contributed by atoms with Crippen molar-refractivity contribution in [2.75, 3.05) is 11.1 Å². The highest BCUT2D eigenvalue weighted by atomic mass is 15.0. The molecule has 2 aromatic rings. The molecule has 4 nitrogen and oxygen atoms in total. The number of aryl methyl sites for hydroxylation is 2. The SMILES string of the molecule is CCc1cccc(C)c1Nc1cc(N)ncn1. The van der Waals surface area contributed by atoms with Crippen LogP contribution in [0, 0.1) is 6.92 Å². The van der Waals surface area contributed by atoms with E-state index in [0.29, 0.717) is 5.82 Å². The summed E-state index contributed by atoms with van der Waals surface area (Å²) in [5, 5.41) is 3.30. The van der Waals surface area contributed by atoms with Crippen molar-refractivity contribution in [3.63, 3.8) is 0 Å². The van der Waals surface area contributed by atoms with Crippen LogP contribution in [0.25, 0.3) is 0 Å². The summed E-state index contributed by atoms with van der Waals surface area (Å²) in [4.78, 5) is 8.02. The molecule has 0 saturated heterocycles. The highest BCUT2D eigenvalue weighted by molar-refractivity contribution is 5.65. The lowest BCUT2D eigenvalue weighted by Crippen LogP contribution is -2.01. The van der Waals surface area contributed by atoms with E-state index in [1.54, 1.807) is 6.07 Å². The van der Waals surface area contributed by atoms with E-state index < -0.39 is 0 Å². The Morgan fingerprint density at radius 2 is 2.12 bits per heavy atom. The number of para-hydroxylation sites is 1. The third-order valence-corrected chi connectivity index (χ3v) is 2.68. The maximum absolute atomic E-state index is 5.63. The monoisotopic (exact) mass is 228 g/mol. The van der Waals surface area contributed by atoms with Crippen molar-refractivity contribution in [1.29, 1.82) is 0 Å². The molecule has 4 heteroatoms. The molecule has 1 heterocycles. The zero-order chi connectivity index (χ0) is 12.3. The number of nitrogens with two attached hydrogens (primary N) is 1. The molecule has 0 aliphatic carbocycles. The van der Waals surface area contributed by atoms with E-state index in [1.807, 2.05) is 0 Å². The minimum Gasteiger partial charge on any atom is -0.384 e. The van der Waals surface area contributed by atoms with E-state index in [0.717, 1.165) is 17.9 Å². The first-order valence-corrected chi connectivity index (χ1v) is 5.63. The Morgan fingerprint density at radius 3 is 2.82 bits per heavy atom. The predicted octanol–water partition coefficient (Wildman–Crippen LogP) is 2.67. The van der Waals surface area contributed by atoms with Crippen LogP contribution in [0.2, 0.25) is 0 Å². The molecule has 0 saturated carbocycles. The average Bonchev–Trinajstić information content (AvgIpc) is 2.32. The molecule has 3 N–H and O–H groups in total. The average molecular weight is 228 g/mol. The Labute approximate surface area is 101 Å². The number of hydrogen-bond acceptors (Lipinski definition) is 4. The largest absolute Gasteiger partial charge is 0.384 e. The summed E-state index contributed by atoms with van der Waals surface area (Å²) < 4.78 is 0. The van der Waals surface area contributed by atoms with Gasteiger partial charge in [0.05, 0.1) is 0 Å². The van der Waals surface area contributed by atoms with E-state index in [2.05, 4.69) is 47.3 Å². The van der Waals surface area contributed by atoms with Gasteiger partial charge in [-0.3, -0.25) is 0 Å². The van der Waals surface area contributed by atoms with Gasteiger partial charge < -0.3 is 11.1 Å². The van der Waals surface area contributed by atoms with Gasteiger partial charge in [0.2, 0.25) is 0 Å². The second kappa shape index (κ2) is 4.82. The van der Waals surface area contributed by atoms with Gasteiger partial charge >= 0.3 is 0 Å². The lowest BCUT2D eigenvalue weighted by molar-refractivity contribution is 1.12. The first kappa shape index (κ1) is 11.4. The smallest absolute Gasteiger partial charge is 0.135 e. The molecule has 0 amide bonds. The zero-order valence-corrected chi connectivity index (χ0v) is 10.1. The fraction of sp³-hybridized carbons (Fsp3) is 0.231. The van der Waals surface area contributed by atoms with Crippen LogP contribution >= 0.6 is 0 Å². The fourth-order valence-electron chi connectivity index (χ4n) is 1.77. The second-order valence-electron chi connectivity index (χ2n) is 3.92. The van der Waals surface area contributed by atoms with E-state index >= 15 is 0 Å². The zero-order valence-electron chi connectivity index (χ0n) is 10.1. The summed E-state index contributed by atoms with van der Waals surface area (Å²) in [6, 6.07) is 7.98. The third kappa shape index (κ3) is 2.53. The minimum absolute atomic E-state index is 0.467. The second-order valence-corrected chi connectivity index (χ2v) is 3.92. The van der Waals surface area contributed by atoms with Crippen LogP contribution in [0.3, 0.4) is 0 Å². The molecule has 1 aromatic carbocycles. The van der Waals surface area contributed by atoms with Crippen LogP contribution in [0.5, 0.6) is 0 Å². The van der Waals surface area contributed by atoms with Crippen molar-refractivity contribution in [3.8, 4) is 0 Å². The molecule has 2 rings (SSSR count). The van der Waals surface area contributed by atoms with Gasteiger partial charge in [-0.05, 0) is 24.5 Å². The molecule has 0 fully saturated rings. The number of nitrogens with one attached hydrogen (secondary N) is 1. The van der Waals surface area contributed by atoms with Gasteiger partial charge in [0.15, 0.2) is 0 Å². The van der Waals surface area contributed by atoms with Crippen molar-refractivity contribution < 1.29 is 0 Å². The number of hydrogen-bond donors (Lipinski definition) is 2. The highest BCUT2D eigenvalue weighted by Crippen LogP contribution is 2.24. The number of nitrogens with zero attached hydrogens (tertiary/aromatic N) is 2. The quantitative estimate of drug-likeness (QED) is 0.847. The Balaban J connectivity index is 2.35. The van der Waals surface area contributed by atoms with Crippen LogP contribution in [0.4, 0.5) is 17.3 Å². The Bertz CT molecular complexity index is 523. The van der Waals surface area contributed by atoms with Crippen molar-refractivity contribution >= 4 is 17.3 Å². The van der Waals surface area contributed by atoms with Gasteiger partial charge in [-0.1, -0.05) is 25.1 Å². The topological polar surface area (TPSA) is 63.8 Å². The summed E-state index contributed by atoms with van der Waals surface area (Å²) in [5.74, 6) is 1.19. The summed E-state index contributed by atoms with van der Waals surface area (Å²) in [7, 11) is 0. The number of anilines is 3. The molecule has 0 radical (unpaired) electrons. The molecule has 88 valence electrons. The molecular weight excluding hydrogens is 212 g/mol. The van der Waals surface area contributed by atoms with Gasteiger partial charge in [-0.2, -0.15) is 0 Å². The highest BCUT2D eigenvalue weighted by Gasteiger charge is 2.05. The summed E-state index contributed by atoms with van der Waals surface area (Å²) in [6.45, 7) is 4.21. The normalized spacial score (nSPS) is 10.2. The van der Waals surface area contributed by atoms with Gasteiger partial charge in [0.25, 0.3) is 0 Å². The van der Waals surface area contributed by atoms with Crippen LogP contribution in [0.1, 0.15) is 18.1 Å². The van der Waals surface area contributed by atoms with Crippen LogP contribution in [0.15, 0.2) is 30.6 Å². The van der Waals surface area contributed by atoms with Crippen molar-refractivity contribution in [3.05, 3.63) is 41.7 Å². The standard InChI is InChI=1S/C13H16N4/c1-3-10-6-4-5-9(2)13(10)17-12-7-11(14)15-8-16-12/h4-8H,3H2,1-2H3,(H3,14,15,16,17). The van der Waals surface area contributed by atoms with E-state index in [1.165, 1.54) is 17.5 Å². The molecule has 0 aliphatic heterocycles. The summed E-state index contributed by atoms with van der Waals surface area (Å²) >= 11 is 0. The molecule has 0 bridgehead atoms. The lowest BCUT2D eigenvalue weighted by atomic mass is 10.1. The van der Waals surface area contributed by atoms with E-state index in [4.69, 9.17) is 5.73 Å². The Morgan fingerprint density at radius 1 is 1.29 bits per heavy atom. The van der Waals surface area contributed by atoms with Crippen LogP contribution in [-0.4, -0.2) is 9.97 Å². The molecule has 1 aromatic heterocycles.